The Morgan fingerprint density at radius 3 is 2.88 bits per heavy atom. The van der Waals surface area contributed by atoms with Gasteiger partial charge in [-0.3, -0.25) is 0 Å². The molecule has 0 bridgehead atoms. The average molecular weight is 231 g/mol. The van der Waals surface area contributed by atoms with E-state index in [-0.39, 0.29) is 0 Å². The molecule has 2 aliphatic rings. The quantitative estimate of drug-likeness (QED) is 0.800. The smallest absolute Gasteiger partial charge is 0.0370 e. The molecule has 1 saturated heterocycles. The summed E-state index contributed by atoms with van der Waals surface area (Å²) in [6.45, 7) is 5.24. The lowest BCUT2D eigenvalue weighted by Crippen LogP contribution is -2.43. The molecule has 92 valence electrons. The van der Waals surface area contributed by atoms with E-state index in [1.54, 1.807) is 0 Å². The van der Waals surface area contributed by atoms with Gasteiger partial charge in [-0.2, -0.15) is 0 Å². The minimum absolute atomic E-state index is 0.599. The predicted octanol–water partition coefficient (Wildman–Crippen LogP) is 1.08. The summed E-state index contributed by atoms with van der Waals surface area (Å²) in [4.78, 5) is 2.48. The summed E-state index contributed by atoms with van der Waals surface area (Å²) in [6, 6.07) is 6.96. The Balaban J connectivity index is 1.84. The summed E-state index contributed by atoms with van der Waals surface area (Å²) in [7, 11) is 0. The van der Waals surface area contributed by atoms with E-state index < -0.39 is 0 Å². The molecule has 1 unspecified atom stereocenters. The summed E-state index contributed by atoms with van der Waals surface area (Å²) >= 11 is 0. The van der Waals surface area contributed by atoms with Crippen LogP contribution in [0, 0.1) is 0 Å². The normalized spacial score (nSPS) is 23.8. The molecule has 3 nitrogen and oxygen atoms in total. The van der Waals surface area contributed by atoms with Gasteiger partial charge in [0.15, 0.2) is 0 Å². The predicted molar refractivity (Wildman–Crippen MR) is 71.6 cm³/mol. The lowest BCUT2D eigenvalue weighted by molar-refractivity contribution is 0.589. The van der Waals surface area contributed by atoms with E-state index in [0.29, 0.717) is 5.92 Å². The van der Waals surface area contributed by atoms with Crippen LogP contribution in [0.2, 0.25) is 0 Å². The Morgan fingerprint density at radius 2 is 2.12 bits per heavy atom. The van der Waals surface area contributed by atoms with E-state index in [9.17, 15) is 0 Å². The minimum atomic E-state index is 0.599. The Bertz CT molecular complexity index is 396. The second-order valence-electron chi connectivity index (χ2n) is 5.09. The van der Waals surface area contributed by atoms with E-state index in [4.69, 9.17) is 5.73 Å². The van der Waals surface area contributed by atoms with Gasteiger partial charge in [-0.15, -0.1) is 0 Å². The highest BCUT2D eigenvalue weighted by Crippen LogP contribution is 2.34. The third-order valence-electron chi connectivity index (χ3n) is 4.10. The fourth-order valence-corrected chi connectivity index (χ4v) is 3.06. The first kappa shape index (κ1) is 11.1. The van der Waals surface area contributed by atoms with Gasteiger partial charge in [0.2, 0.25) is 0 Å². The molecule has 1 aromatic rings. The maximum atomic E-state index is 5.81. The molecule has 3 heteroatoms. The molecular formula is C14H21N3. The van der Waals surface area contributed by atoms with Crippen molar-refractivity contribution in [3.05, 3.63) is 29.3 Å². The van der Waals surface area contributed by atoms with Crippen LogP contribution in [0.1, 0.15) is 23.5 Å². The van der Waals surface area contributed by atoms with Crippen LogP contribution in [-0.2, 0) is 6.42 Å². The first-order chi connectivity index (χ1) is 8.38. The molecule has 3 rings (SSSR count). The third-order valence-corrected chi connectivity index (χ3v) is 4.10. The Labute approximate surface area is 103 Å². The van der Waals surface area contributed by atoms with Crippen molar-refractivity contribution >= 4 is 5.69 Å². The molecule has 0 amide bonds. The molecule has 1 aliphatic heterocycles. The number of nitrogens with zero attached hydrogens (tertiary/aromatic N) is 1. The maximum Gasteiger partial charge on any atom is 0.0370 e. The molecule has 1 aliphatic carbocycles. The second-order valence-corrected chi connectivity index (χ2v) is 5.09. The average Bonchev–Trinajstić information content (AvgIpc) is 2.81. The molecule has 0 saturated carbocycles. The van der Waals surface area contributed by atoms with Gasteiger partial charge in [0.05, 0.1) is 0 Å². The zero-order valence-corrected chi connectivity index (χ0v) is 10.3. The lowest BCUT2D eigenvalue weighted by atomic mass is 10.0. The highest BCUT2D eigenvalue weighted by molar-refractivity contribution is 5.53. The summed E-state index contributed by atoms with van der Waals surface area (Å²) in [5.41, 5.74) is 10.2. The van der Waals surface area contributed by atoms with Crippen LogP contribution in [0.25, 0.3) is 0 Å². The van der Waals surface area contributed by atoms with Crippen molar-refractivity contribution in [2.75, 3.05) is 37.6 Å². The number of benzene rings is 1. The molecule has 1 heterocycles. The largest absolute Gasteiger partial charge is 0.369 e. The van der Waals surface area contributed by atoms with E-state index >= 15 is 0 Å². The van der Waals surface area contributed by atoms with E-state index in [1.165, 1.54) is 29.7 Å². The Morgan fingerprint density at radius 1 is 1.29 bits per heavy atom. The molecule has 0 aromatic heterocycles. The number of nitrogens with one attached hydrogen (secondary N) is 1. The molecule has 3 N–H and O–H groups in total. The van der Waals surface area contributed by atoms with Gasteiger partial charge in [0, 0.05) is 31.9 Å². The van der Waals surface area contributed by atoms with Crippen LogP contribution < -0.4 is 16.0 Å². The molecule has 0 spiro atoms. The monoisotopic (exact) mass is 231 g/mol. The first-order valence-electron chi connectivity index (χ1n) is 6.67. The van der Waals surface area contributed by atoms with Gasteiger partial charge < -0.3 is 16.0 Å². The molecule has 1 atom stereocenters. The highest BCUT2D eigenvalue weighted by Gasteiger charge is 2.22. The number of anilines is 1. The molecule has 1 aromatic carbocycles. The summed E-state index contributed by atoms with van der Waals surface area (Å²) in [5.74, 6) is 0.599. The topological polar surface area (TPSA) is 41.3 Å². The van der Waals surface area contributed by atoms with Crippen LogP contribution in [-0.4, -0.2) is 32.7 Å². The highest BCUT2D eigenvalue weighted by atomic mass is 15.2. The zero-order valence-electron chi connectivity index (χ0n) is 10.3. The Hall–Kier alpha value is -1.06. The third kappa shape index (κ3) is 2.05. The molecule has 17 heavy (non-hydrogen) atoms. The number of fused-ring (bicyclic) bond motifs is 1. The van der Waals surface area contributed by atoms with Crippen LogP contribution in [0.4, 0.5) is 5.69 Å². The fourth-order valence-electron chi connectivity index (χ4n) is 3.06. The maximum absolute atomic E-state index is 5.81. The van der Waals surface area contributed by atoms with Gasteiger partial charge in [0.25, 0.3) is 0 Å². The van der Waals surface area contributed by atoms with Crippen molar-refractivity contribution in [3.8, 4) is 0 Å². The van der Waals surface area contributed by atoms with E-state index in [1.807, 2.05) is 0 Å². The van der Waals surface area contributed by atoms with Gasteiger partial charge in [-0.1, -0.05) is 6.07 Å². The minimum Gasteiger partial charge on any atom is -0.369 e. The van der Waals surface area contributed by atoms with Crippen LogP contribution >= 0.6 is 0 Å². The molecular weight excluding hydrogens is 210 g/mol. The summed E-state index contributed by atoms with van der Waals surface area (Å²) in [5, 5.41) is 3.39. The van der Waals surface area contributed by atoms with Gasteiger partial charge in [-0.05, 0) is 48.6 Å². The van der Waals surface area contributed by atoms with Gasteiger partial charge >= 0.3 is 0 Å². The van der Waals surface area contributed by atoms with E-state index in [2.05, 4.69) is 28.4 Å². The molecule has 0 radical (unpaired) electrons. The number of piperazine rings is 1. The summed E-state index contributed by atoms with van der Waals surface area (Å²) < 4.78 is 0. The number of nitrogens with two attached hydrogens (primary N) is 1. The Kier molecular flexibility index (Phi) is 3.04. The second kappa shape index (κ2) is 4.67. The number of aryl methyl sites for hydroxylation is 1. The fraction of sp³-hybridized carbons (Fsp3) is 0.571. The van der Waals surface area contributed by atoms with Crippen LogP contribution in [0.5, 0.6) is 0 Å². The standard InChI is InChI=1S/C14H21N3/c15-10-12-2-1-11-9-13(3-4-14(11)12)17-7-5-16-6-8-17/h3-4,9,12,16H,1-2,5-8,10,15H2. The first-order valence-corrected chi connectivity index (χ1v) is 6.67. The zero-order chi connectivity index (χ0) is 11.7. The SMILES string of the molecule is NCC1CCc2cc(N3CCNCC3)ccc21. The van der Waals surface area contributed by atoms with Gasteiger partial charge in [-0.25, -0.2) is 0 Å². The van der Waals surface area contributed by atoms with Crippen molar-refractivity contribution in [1.82, 2.24) is 5.32 Å². The van der Waals surface area contributed by atoms with Crippen LogP contribution in [0.3, 0.4) is 0 Å². The van der Waals surface area contributed by atoms with Gasteiger partial charge in [0.1, 0.15) is 0 Å². The van der Waals surface area contributed by atoms with E-state index in [0.717, 1.165) is 32.7 Å². The lowest BCUT2D eigenvalue weighted by Gasteiger charge is -2.30. The van der Waals surface area contributed by atoms with Crippen molar-refractivity contribution < 1.29 is 0 Å². The number of hydrogen-bond donors (Lipinski definition) is 2. The van der Waals surface area contributed by atoms with Crippen molar-refractivity contribution in [3.63, 3.8) is 0 Å². The van der Waals surface area contributed by atoms with Crippen LogP contribution in [0.15, 0.2) is 18.2 Å². The summed E-state index contributed by atoms with van der Waals surface area (Å²) in [6.07, 6.45) is 2.44. The molecule has 1 fully saturated rings. The number of hydrogen-bond acceptors (Lipinski definition) is 3. The van der Waals surface area contributed by atoms with Crippen molar-refractivity contribution in [2.24, 2.45) is 5.73 Å². The van der Waals surface area contributed by atoms with Crippen molar-refractivity contribution in [2.45, 2.75) is 18.8 Å². The van der Waals surface area contributed by atoms with Crippen molar-refractivity contribution in [1.29, 1.82) is 0 Å². The number of rotatable bonds is 2.